The number of carbonyl (C=O) groups is 2. The number of likely N-dealkylation sites (tertiary alicyclic amines) is 1. The summed E-state index contributed by atoms with van der Waals surface area (Å²) in [6.45, 7) is 0.498. The lowest BCUT2D eigenvalue weighted by atomic mass is 10.1. The lowest BCUT2D eigenvalue weighted by Crippen LogP contribution is -2.40. The first-order chi connectivity index (χ1) is 8.11. The number of carbonyl (C=O) groups excluding carboxylic acids is 1. The highest BCUT2D eigenvalue weighted by Gasteiger charge is 2.34. The largest absolute Gasteiger partial charge is 0.480 e. The minimum Gasteiger partial charge on any atom is -0.480 e. The fourth-order valence-electron chi connectivity index (χ4n) is 2.08. The number of rotatable bonds is 2. The molecule has 1 N–H and O–H groups in total. The molecule has 1 saturated heterocycles. The van der Waals surface area contributed by atoms with Crippen LogP contribution < -0.4 is 0 Å². The molecule has 2 rings (SSSR count). The maximum atomic E-state index is 12.2. The van der Waals surface area contributed by atoms with Crippen LogP contribution in [-0.2, 0) is 4.79 Å². The fraction of sp³-hybridized carbons (Fsp3) is 0.333. The normalized spacial score (nSPS) is 19.4. The van der Waals surface area contributed by atoms with Crippen molar-refractivity contribution in [1.82, 2.24) is 4.90 Å². The average molecular weight is 251 g/mol. The summed E-state index contributed by atoms with van der Waals surface area (Å²) in [6, 6.07) is 6.23. The molecule has 0 aliphatic carbocycles. The highest BCUT2D eigenvalue weighted by molar-refractivity contribution is 7.80. The van der Waals surface area contributed by atoms with Gasteiger partial charge in [-0.1, -0.05) is 12.1 Å². The van der Waals surface area contributed by atoms with E-state index in [9.17, 15) is 9.59 Å². The Balaban J connectivity index is 2.26. The summed E-state index contributed by atoms with van der Waals surface area (Å²) in [5, 5.41) is 9.04. The molecule has 0 bridgehead atoms. The molecule has 1 amide bonds. The van der Waals surface area contributed by atoms with E-state index in [1.807, 2.05) is 0 Å². The van der Waals surface area contributed by atoms with Gasteiger partial charge in [0.1, 0.15) is 6.04 Å². The van der Waals surface area contributed by atoms with Gasteiger partial charge in [0.2, 0.25) is 0 Å². The predicted molar refractivity (Wildman–Crippen MR) is 65.4 cm³/mol. The van der Waals surface area contributed by atoms with Crippen molar-refractivity contribution in [3.8, 4) is 0 Å². The number of carboxylic acids is 1. The second kappa shape index (κ2) is 4.79. The smallest absolute Gasteiger partial charge is 0.326 e. The number of aliphatic carboxylic acids is 1. The number of amides is 1. The first-order valence-electron chi connectivity index (χ1n) is 5.43. The van der Waals surface area contributed by atoms with Crippen LogP contribution >= 0.6 is 12.6 Å². The molecule has 4 nitrogen and oxygen atoms in total. The fourth-order valence-corrected chi connectivity index (χ4v) is 2.33. The molecule has 0 spiro atoms. The molecule has 1 atom stereocenters. The molecule has 1 heterocycles. The van der Waals surface area contributed by atoms with Crippen molar-refractivity contribution in [2.24, 2.45) is 0 Å². The molecule has 1 fully saturated rings. The van der Waals surface area contributed by atoms with Crippen LogP contribution in [0.3, 0.4) is 0 Å². The number of benzene rings is 1. The molecule has 1 aliphatic rings. The molecular weight excluding hydrogens is 238 g/mol. The van der Waals surface area contributed by atoms with Crippen molar-refractivity contribution in [2.45, 2.75) is 23.8 Å². The van der Waals surface area contributed by atoms with E-state index >= 15 is 0 Å². The van der Waals surface area contributed by atoms with Crippen LogP contribution in [0.4, 0.5) is 0 Å². The number of nitrogens with zero attached hydrogens (tertiary/aromatic N) is 1. The third-order valence-corrected chi connectivity index (χ3v) is 3.32. The van der Waals surface area contributed by atoms with Crippen molar-refractivity contribution in [3.05, 3.63) is 29.8 Å². The Kier molecular flexibility index (Phi) is 3.38. The van der Waals surface area contributed by atoms with Crippen LogP contribution in [0.1, 0.15) is 23.2 Å². The predicted octanol–water partition coefficient (Wildman–Crippen LogP) is 1.66. The number of hydrogen-bond donors (Lipinski definition) is 2. The van der Waals surface area contributed by atoms with Crippen LogP contribution in [-0.4, -0.2) is 34.5 Å². The molecule has 0 aromatic heterocycles. The van der Waals surface area contributed by atoms with Gasteiger partial charge in [0.05, 0.1) is 5.56 Å². The van der Waals surface area contributed by atoms with Crippen LogP contribution in [0.25, 0.3) is 0 Å². The molecule has 0 saturated carbocycles. The van der Waals surface area contributed by atoms with Crippen LogP contribution in [0.5, 0.6) is 0 Å². The van der Waals surface area contributed by atoms with Gasteiger partial charge in [-0.2, -0.15) is 0 Å². The molecule has 90 valence electrons. The van der Waals surface area contributed by atoms with Crippen molar-refractivity contribution < 1.29 is 14.7 Å². The van der Waals surface area contributed by atoms with Gasteiger partial charge in [-0.3, -0.25) is 4.79 Å². The Bertz CT molecular complexity index is 461. The average Bonchev–Trinajstić information content (AvgIpc) is 2.77. The summed E-state index contributed by atoms with van der Waals surface area (Å²) in [6.07, 6.45) is 1.26. The van der Waals surface area contributed by atoms with Gasteiger partial charge in [-0.15, -0.1) is 12.6 Å². The summed E-state index contributed by atoms with van der Waals surface area (Å²) < 4.78 is 0. The van der Waals surface area contributed by atoms with E-state index in [1.54, 1.807) is 24.3 Å². The maximum absolute atomic E-state index is 12.2. The lowest BCUT2D eigenvalue weighted by Gasteiger charge is -2.22. The van der Waals surface area contributed by atoms with Crippen LogP contribution in [0.2, 0.25) is 0 Å². The highest BCUT2D eigenvalue weighted by Crippen LogP contribution is 2.23. The van der Waals surface area contributed by atoms with Crippen molar-refractivity contribution >= 4 is 24.5 Å². The summed E-state index contributed by atoms with van der Waals surface area (Å²) in [7, 11) is 0. The van der Waals surface area contributed by atoms with Gasteiger partial charge in [0.15, 0.2) is 0 Å². The molecule has 1 aromatic carbocycles. The first kappa shape index (κ1) is 12.0. The molecule has 17 heavy (non-hydrogen) atoms. The van der Waals surface area contributed by atoms with Crippen molar-refractivity contribution in [2.75, 3.05) is 6.54 Å². The second-order valence-corrected chi connectivity index (χ2v) is 4.49. The van der Waals surface area contributed by atoms with Crippen molar-refractivity contribution in [1.29, 1.82) is 0 Å². The Morgan fingerprint density at radius 1 is 1.35 bits per heavy atom. The van der Waals surface area contributed by atoms with Gasteiger partial charge in [-0.25, -0.2) is 4.79 Å². The lowest BCUT2D eigenvalue weighted by molar-refractivity contribution is -0.141. The molecule has 1 aliphatic heterocycles. The molecule has 1 aromatic rings. The zero-order chi connectivity index (χ0) is 12.4. The standard InChI is InChI=1S/C12H13NO3S/c14-11(8-4-1-2-6-10(8)17)13-7-3-5-9(13)12(15)16/h1-2,4,6,9,17H,3,5,7H2,(H,15,16)/t9-/m0/s1. The molecule has 0 unspecified atom stereocenters. The minimum absolute atomic E-state index is 0.250. The zero-order valence-corrected chi connectivity index (χ0v) is 10.1. The monoisotopic (exact) mass is 251 g/mol. The first-order valence-corrected chi connectivity index (χ1v) is 5.87. The van der Waals surface area contributed by atoms with Crippen LogP contribution in [0, 0.1) is 0 Å². The third kappa shape index (κ3) is 2.29. The summed E-state index contributed by atoms with van der Waals surface area (Å²) in [5.74, 6) is -1.19. The number of thiol groups is 1. The summed E-state index contributed by atoms with van der Waals surface area (Å²) in [5.41, 5.74) is 0.462. The highest BCUT2D eigenvalue weighted by atomic mass is 32.1. The Labute approximate surface area is 105 Å². The van der Waals surface area contributed by atoms with E-state index in [4.69, 9.17) is 5.11 Å². The Hall–Kier alpha value is -1.49. The second-order valence-electron chi connectivity index (χ2n) is 4.01. The SMILES string of the molecule is O=C(O)[C@@H]1CCCN1C(=O)c1ccccc1S. The topological polar surface area (TPSA) is 57.6 Å². The van der Waals surface area contributed by atoms with E-state index in [0.29, 0.717) is 23.4 Å². The van der Waals surface area contributed by atoms with Gasteiger partial charge < -0.3 is 10.0 Å². The maximum Gasteiger partial charge on any atom is 0.326 e. The Morgan fingerprint density at radius 3 is 2.71 bits per heavy atom. The molecular formula is C12H13NO3S. The van der Waals surface area contributed by atoms with Gasteiger partial charge in [-0.05, 0) is 25.0 Å². The van der Waals surface area contributed by atoms with E-state index < -0.39 is 12.0 Å². The van der Waals surface area contributed by atoms with E-state index in [0.717, 1.165) is 6.42 Å². The zero-order valence-electron chi connectivity index (χ0n) is 9.17. The van der Waals surface area contributed by atoms with E-state index in [2.05, 4.69) is 12.6 Å². The molecule has 0 radical (unpaired) electrons. The number of hydrogen-bond acceptors (Lipinski definition) is 3. The Morgan fingerprint density at radius 2 is 2.06 bits per heavy atom. The van der Waals surface area contributed by atoms with Gasteiger partial charge in [0.25, 0.3) is 5.91 Å². The minimum atomic E-state index is -0.938. The van der Waals surface area contributed by atoms with Gasteiger partial charge >= 0.3 is 5.97 Å². The summed E-state index contributed by atoms with van der Waals surface area (Å²) >= 11 is 4.22. The van der Waals surface area contributed by atoms with Gasteiger partial charge in [0, 0.05) is 11.4 Å². The number of carboxylic acid groups (broad SMARTS) is 1. The summed E-state index contributed by atoms with van der Waals surface area (Å²) in [4.78, 5) is 25.2. The van der Waals surface area contributed by atoms with E-state index in [1.165, 1.54) is 4.90 Å². The molecule has 5 heteroatoms. The van der Waals surface area contributed by atoms with E-state index in [-0.39, 0.29) is 5.91 Å². The third-order valence-electron chi connectivity index (χ3n) is 2.93. The van der Waals surface area contributed by atoms with Crippen LogP contribution in [0.15, 0.2) is 29.2 Å². The van der Waals surface area contributed by atoms with Crippen molar-refractivity contribution in [3.63, 3.8) is 0 Å². The quantitative estimate of drug-likeness (QED) is 0.786.